The summed E-state index contributed by atoms with van der Waals surface area (Å²) >= 11 is 0. The van der Waals surface area contributed by atoms with Crippen molar-refractivity contribution in [2.24, 2.45) is 7.05 Å². The lowest BCUT2D eigenvalue weighted by Crippen LogP contribution is -2.54. The summed E-state index contributed by atoms with van der Waals surface area (Å²) in [6.07, 6.45) is 7.01. The van der Waals surface area contributed by atoms with E-state index in [0.717, 1.165) is 48.9 Å². The first kappa shape index (κ1) is 34.5. The Morgan fingerprint density at radius 3 is 2.40 bits per heavy atom. The predicted molar refractivity (Wildman–Crippen MR) is 182 cm³/mol. The van der Waals surface area contributed by atoms with Gasteiger partial charge in [0.25, 0.3) is 0 Å². The number of ether oxygens (including phenoxy) is 1. The second kappa shape index (κ2) is 14.0. The van der Waals surface area contributed by atoms with Crippen LogP contribution in [0.4, 0.5) is 20.4 Å². The summed E-state index contributed by atoms with van der Waals surface area (Å²) in [4.78, 5) is 37.3. The van der Waals surface area contributed by atoms with Gasteiger partial charge in [-0.05, 0) is 69.7 Å². The zero-order valence-electron chi connectivity index (χ0n) is 28.2. The Morgan fingerprint density at radius 2 is 1.74 bits per heavy atom. The average Bonchev–Trinajstić information content (AvgIpc) is 3.52. The summed E-state index contributed by atoms with van der Waals surface area (Å²) in [6.45, 7) is 2.40. The van der Waals surface area contributed by atoms with E-state index in [4.69, 9.17) is 5.10 Å². The van der Waals surface area contributed by atoms with Gasteiger partial charge in [0.05, 0.1) is 35.3 Å². The molecule has 7 rings (SSSR count). The highest BCUT2D eigenvalue weighted by molar-refractivity contribution is 7.89. The van der Waals surface area contributed by atoms with Crippen LogP contribution in [0.15, 0.2) is 24.5 Å². The van der Waals surface area contributed by atoms with E-state index >= 15 is 0 Å². The molecule has 3 unspecified atom stereocenters. The molecule has 1 aromatic carbocycles. The van der Waals surface area contributed by atoms with Crippen LogP contribution in [-0.2, 0) is 26.7 Å². The minimum Gasteiger partial charge on any atom is -0.432 e. The molecular weight excluding hydrogens is 672 g/mol. The molecule has 3 aromatic rings. The fourth-order valence-corrected chi connectivity index (χ4v) is 9.62. The van der Waals surface area contributed by atoms with Crippen molar-refractivity contribution in [3.8, 4) is 5.75 Å². The molecule has 4 aliphatic rings. The number of sulfonamides is 1. The van der Waals surface area contributed by atoms with E-state index in [1.54, 1.807) is 4.31 Å². The predicted octanol–water partition coefficient (Wildman–Crippen LogP) is 2.74. The number of fused-ring (bicyclic) bond motifs is 3. The van der Waals surface area contributed by atoms with Gasteiger partial charge < -0.3 is 15.0 Å². The highest BCUT2D eigenvalue weighted by Crippen LogP contribution is 2.40. The highest BCUT2D eigenvalue weighted by Gasteiger charge is 2.41. The number of amides is 2. The molecule has 0 aliphatic carbocycles. The van der Waals surface area contributed by atoms with Gasteiger partial charge in [0.15, 0.2) is 5.75 Å². The fraction of sp³-hybridized carbons (Fsp3) is 0.606. The number of alkyl halides is 2. The first-order chi connectivity index (χ1) is 23.9. The lowest BCUT2D eigenvalue weighted by Gasteiger charge is -2.43. The topological polar surface area (TPSA) is 155 Å². The molecule has 4 fully saturated rings. The molecule has 2 amide bonds. The molecule has 4 aliphatic heterocycles. The van der Waals surface area contributed by atoms with Gasteiger partial charge in [0.2, 0.25) is 27.8 Å². The molecule has 0 radical (unpaired) electrons. The van der Waals surface area contributed by atoms with Gasteiger partial charge in [0, 0.05) is 68.8 Å². The number of benzene rings is 1. The van der Waals surface area contributed by atoms with Crippen LogP contribution < -0.4 is 20.3 Å². The molecule has 50 heavy (non-hydrogen) atoms. The summed E-state index contributed by atoms with van der Waals surface area (Å²) in [5.41, 5.74) is 3.97. The third kappa shape index (κ3) is 7.12. The summed E-state index contributed by atoms with van der Waals surface area (Å²) in [7, 11) is -1.51. The van der Waals surface area contributed by atoms with Crippen molar-refractivity contribution in [1.29, 1.82) is 0 Å². The molecule has 6 heterocycles. The molecule has 270 valence electrons. The van der Waals surface area contributed by atoms with Crippen LogP contribution in [0.2, 0.25) is 0 Å². The summed E-state index contributed by atoms with van der Waals surface area (Å²) in [6, 6.07) is 4.95. The van der Waals surface area contributed by atoms with Crippen LogP contribution in [0.25, 0.3) is 10.9 Å². The minimum absolute atomic E-state index is 0.0234. The third-order valence-corrected chi connectivity index (χ3v) is 12.5. The number of likely N-dealkylation sites (tertiary alicyclic amines) is 1. The first-order valence-electron chi connectivity index (χ1n) is 17.3. The molecule has 14 nitrogen and oxygen atoms in total. The molecule has 3 atom stereocenters. The molecular formula is C33H43F2N9O5S. The maximum absolute atomic E-state index is 13.2. The number of anilines is 2. The minimum atomic E-state index is -3.41. The molecule has 17 heteroatoms. The van der Waals surface area contributed by atoms with E-state index in [1.807, 2.05) is 11.7 Å². The van der Waals surface area contributed by atoms with Gasteiger partial charge in [-0.1, -0.05) is 0 Å². The lowest BCUT2D eigenvalue weighted by molar-refractivity contribution is -0.134. The number of aromatic nitrogens is 4. The zero-order valence-corrected chi connectivity index (χ0v) is 29.0. The Morgan fingerprint density at radius 1 is 1.04 bits per heavy atom. The van der Waals surface area contributed by atoms with Gasteiger partial charge in [-0.3, -0.25) is 24.5 Å². The number of piperazine rings is 1. The van der Waals surface area contributed by atoms with Gasteiger partial charge >= 0.3 is 6.61 Å². The smallest absolute Gasteiger partial charge is 0.387 e. The first-order valence-corrected chi connectivity index (χ1v) is 18.9. The van der Waals surface area contributed by atoms with E-state index in [9.17, 15) is 26.8 Å². The normalized spacial score (nSPS) is 23.9. The Labute approximate surface area is 289 Å². The van der Waals surface area contributed by atoms with Crippen molar-refractivity contribution in [1.82, 2.24) is 34.3 Å². The van der Waals surface area contributed by atoms with Crippen LogP contribution in [0.5, 0.6) is 5.75 Å². The van der Waals surface area contributed by atoms with E-state index in [-0.39, 0.29) is 35.3 Å². The van der Waals surface area contributed by atoms with Gasteiger partial charge in [-0.25, -0.2) is 22.7 Å². The lowest BCUT2D eigenvalue weighted by atomic mass is 9.92. The van der Waals surface area contributed by atoms with E-state index in [2.05, 4.69) is 54.2 Å². The van der Waals surface area contributed by atoms with Crippen molar-refractivity contribution >= 4 is 44.4 Å². The van der Waals surface area contributed by atoms with E-state index < -0.39 is 22.6 Å². The Bertz CT molecular complexity index is 1840. The number of piperidine rings is 2. The number of hydrogen-bond donors (Lipinski definition) is 2. The highest BCUT2D eigenvalue weighted by atomic mass is 32.2. The Balaban J connectivity index is 0.912. The summed E-state index contributed by atoms with van der Waals surface area (Å²) < 4.78 is 58.9. The zero-order chi connectivity index (χ0) is 35.2. The summed E-state index contributed by atoms with van der Waals surface area (Å²) in [5.74, 6) is -0.710. The number of nitrogens with zero attached hydrogens (tertiary/aromatic N) is 7. The van der Waals surface area contributed by atoms with Crippen molar-refractivity contribution in [2.75, 3.05) is 48.7 Å². The number of imide groups is 1. The maximum Gasteiger partial charge on any atom is 0.387 e. The van der Waals surface area contributed by atoms with E-state index in [0.29, 0.717) is 63.0 Å². The number of carbonyl (C=O) groups excluding carboxylic acids is 2. The number of carbonyl (C=O) groups is 2. The maximum atomic E-state index is 13.2. The SMILES string of the molecule is Cc1cc2c(C3CCC(=O)NC3=O)nn(C)c2cc1N1C2CCC1CN(CCCS(=O)(=O)N1CCC(Nc3ncc(OC(F)F)cn3)CC1)C2. The average molecular weight is 716 g/mol. The molecule has 0 spiro atoms. The largest absolute Gasteiger partial charge is 0.432 e. The van der Waals surface area contributed by atoms with Crippen LogP contribution in [0.1, 0.15) is 62.1 Å². The second-order valence-electron chi connectivity index (χ2n) is 13.8. The van der Waals surface area contributed by atoms with Crippen molar-refractivity contribution in [3.63, 3.8) is 0 Å². The Kier molecular flexibility index (Phi) is 9.64. The van der Waals surface area contributed by atoms with Gasteiger partial charge in [-0.15, -0.1) is 0 Å². The number of halogens is 2. The van der Waals surface area contributed by atoms with Crippen LogP contribution in [0, 0.1) is 6.92 Å². The standard InChI is InChI=1S/C33H43F2N9O5S/c1-20-14-26-28(41(2)40-30(26)25-6-7-29(45)39-31(25)46)15-27(20)44-22-4-5-23(44)19-42(18-22)10-3-13-50(47,48)43-11-8-21(9-12-43)38-33-36-16-24(17-37-33)49-32(34)35/h14-17,21-23,25,32H,3-13,18-19H2,1-2H3,(H,36,37,38)(H,39,45,46). The van der Waals surface area contributed by atoms with Crippen molar-refractivity contribution in [2.45, 2.75) is 82.5 Å². The number of hydrogen-bond acceptors (Lipinski definition) is 11. The third-order valence-electron chi connectivity index (χ3n) is 10.5. The molecule has 2 bridgehead atoms. The quantitative estimate of drug-likeness (QED) is 0.282. The monoisotopic (exact) mass is 715 g/mol. The summed E-state index contributed by atoms with van der Waals surface area (Å²) in [5, 5.41) is 11.3. The van der Waals surface area contributed by atoms with Gasteiger partial charge in [0.1, 0.15) is 0 Å². The van der Waals surface area contributed by atoms with Crippen molar-refractivity contribution in [3.05, 3.63) is 35.8 Å². The van der Waals surface area contributed by atoms with Crippen LogP contribution in [0.3, 0.4) is 0 Å². The number of rotatable bonds is 11. The number of nitrogens with one attached hydrogen (secondary N) is 2. The van der Waals surface area contributed by atoms with Crippen LogP contribution >= 0.6 is 0 Å². The molecule has 2 aromatic heterocycles. The Hall–Kier alpha value is -3.96. The molecule has 4 saturated heterocycles. The van der Waals surface area contributed by atoms with Crippen molar-refractivity contribution < 1.29 is 31.5 Å². The van der Waals surface area contributed by atoms with E-state index in [1.165, 1.54) is 18.1 Å². The second-order valence-corrected chi connectivity index (χ2v) is 15.9. The number of aryl methyl sites for hydroxylation is 2. The van der Waals surface area contributed by atoms with Gasteiger partial charge in [-0.2, -0.15) is 13.9 Å². The molecule has 0 saturated carbocycles. The van der Waals surface area contributed by atoms with Crippen LogP contribution in [-0.4, -0.2) is 112 Å². The molecule has 2 N–H and O–H groups in total. The fourth-order valence-electron chi connectivity index (χ4n) is 8.10.